The Labute approximate surface area is 155 Å². The molecule has 0 saturated carbocycles. The number of carbonyl (C=O) groups is 1. The Kier molecular flexibility index (Phi) is 4.42. The number of fused-ring (bicyclic) bond motifs is 1. The van der Waals surface area contributed by atoms with Crippen LogP contribution in [0.3, 0.4) is 0 Å². The maximum absolute atomic E-state index is 11.8. The Bertz CT molecular complexity index is 1110. The standard InChI is InChI=1S/C20H18N4O3/c1-3-26-18(25)10-17-23-22-16-8-7-15(11-24(16)17)20-19(21-12-27-20)14-6-4-5-13(2)9-14/h4-9,11-12H,3,10H2,1-2H3. The molecule has 0 amide bonds. The van der Waals surface area contributed by atoms with Gasteiger partial charge in [0.1, 0.15) is 17.9 Å². The predicted molar refractivity (Wildman–Crippen MR) is 99.0 cm³/mol. The van der Waals surface area contributed by atoms with Crippen molar-refractivity contribution >= 4 is 11.6 Å². The molecule has 27 heavy (non-hydrogen) atoms. The first kappa shape index (κ1) is 17.0. The Morgan fingerprint density at radius 1 is 1.19 bits per heavy atom. The molecule has 0 atom stereocenters. The maximum atomic E-state index is 11.8. The minimum Gasteiger partial charge on any atom is -0.466 e. The van der Waals surface area contributed by atoms with Crippen molar-refractivity contribution in [2.45, 2.75) is 20.3 Å². The summed E-state index contributed by atoms with van der Waals surface area (Å²) in [5.41, 5.74) is 4.36. The molecule has 0 aliphatic rings. The fourth-order valence-electron chi connectivity index (χ4n) is 2.98. The smallest absolute Gasteiger partial charge is 0.313 e. The van der Waals surface area contributed by atoms with Gasteiger partial charge < -0.3 is 9.15 Å². The number of ether oxygens (including phenoxy) is 1. The molecule has 0 unspecified atom stereocenters. The summed E-state index contributed by atoms with van der Waals surface area (Å²) in [6.45, 7) is 4.14. The minimum absolute atomic E-state index is 0.0552. The van der Waals surface area contributed by atoms with Gasteiger partial charge in [0.05, 0.1) is 6.61 Å². The lowest BCUT2D eigenvalue weighted by molar-refractivity contribution is -0.142. The highest BCUT2D eigenvalue weighted by Gasteiger charge is 2.16. The highest BCUT2D eigenvalue weighted by atomic mass is 16.5. The molecular formula is C20H18N4O3. The van der Waals surface area contributed by atoms with Crippen LogP contribution in [0.2, 0.25) is 0 Å². The van der Waals surface area contributed by atoms with E-state index in [0.717, 1.165) is 22.4 Å². The molecule has 3 heterocycles. The third-order valence-corrected chi connectivity index (χ3v) is 4.20. The van der Waals surface area contributed by atoms with Gasteiger partial charge in [-0.3, -0.25) is 9.20 Å². The van der Waals surface area contributed by atoms with E-state index in [4.69, 9.17) is 9.15 Å². The second-order valence-corrected chi connectivity index (χ2v) is 6.14. The van der Waals surface area contributed by atoms with Crippen molar-refractivity contribution in [1.82, 2.24) is 19.6 Å². The Hall–Kier alpha value is -3.48. The van der Waals surface area contributed by atoms with Gasteiger partial charge in [0, 0.05) is 17.3 Å². The molecule has 0 saturated heterocycles. The molecule has 0 aliphatic carbocycles. The van der Waals surface area contributed by atoms with Crippen LogP contribution in [-0.2, 0) is 16.0 Å². The molecule has 0 aliphatic heterocycles. The molecule has 7 heteroatoms. The lowest BCUT2D eigenvalue weighted by atomic mass is 10.1. The topological polar surface area (TPSA) is 82.5 Å². The van der Waals surface area contributed by atoms with E-state index in [9.17, 15) is 4.79 Å². The first-order valence-corrected chi connectivity index (χ1v) is 8.66. The summed E-state index contributed by atoms with van der Waals surface area (Å²) in [5, 5.41) is 8.20. The zero-order chi connectivity index (χ0) is 18.8. The van der Waals surface area contributed by atoms with E-state index in [1.54, 1.807) is 11.3 Å². The molecule has 3 aromatic heterocycles. The molecule has 0 radical (unpaired) electrons. The number of aromatic nitrogens is 4. The number of esters is 1. The molecular weight excluding hydrogens is 344 g/mol. The second kappa shape index (κ2) is 7.03. The van der Waals surface area contributed by atoms with Crippen LogP contribution in [0.15, 0.2) is 53.4 Å². The minimum atomic E-state index is -0.336. The Morgan fingerprint density at radius 2 is 2.07 bits per heavy atom. The molecule has 136 valence electrons. The van der Waals surface area contributed by atoms with Gasteiger partial charge in [0.2, 0.25) is 0 Å². The van der Waals surface area contributed by atoms with Crippen LogP contribution < -0.4 is 0 Å². The monoisotopic (exact) mass is 362 g/mol. The molecule has 7 nitrogen and oxygen atoms in total. The highest BCUT2D eigenvalue weighted by Crippen LogP contribution is 2.31. The van der Waals surface area contributed by atoms with E-state index in [2.05, 4.69) is 21.2 Å². The fourth-order valence-corrected chi connectivity index (χ4v) is 2.98. The van der Waals surface area contributed by atoms with E-state index in [-0.39, 0.29) is 12.4 Å². The first-order chi connectivity index (χ1) is 13.2. The van der Waals surface area contributed by atoms with E-state index in [1.165, 1.54) is 6.39 Å². The molecule has 0 fully saturated rings. The van der Waals surface area contributed by atoms with Crippen molar-refractivity contribution < 1.29 is 13.9 Å². The van der Waals surface area contributed by atoms with Gasteiger partial charge in [-0.2, -0.15) is 0 Å². The average Bonchev–Trinajstić information content (AvgIpc) is 3.29. The Morgan fingerprint density at radius 3 is 2.89 bits per heavy atom. The van der Waals surface area contributed by atoms with Crippen molar-refractivity contribution in [2.24, 2.45) is 0 Å². The SMILES string of the molecule is CCOC(=O)Cc1nnc2ccc(-c3ocnc3-c3cccc(C)c3)cn12. The van der Waals surface area contributed by atoms with Gasteiger partial charge in [-0.25, -0.2) is 4.98 Å². The number of benzene rings is 1. The van der Waals surface area contributed by atoms with Crippen molar-refractivity contribution in [2.75, 3.05) is 6.61 Å². The van der Waals surface area contributed by atoms with Crippen LogP contribution in [-0.4, -0.2) is 32.2 Å². The van der Waals surface area contributed by atoms with Crippen LogP contribution in [0.5, 0.6) is 0 Å². The van der Waals surface area contributed by atoms with Gasteiger partial charge in [-0.05, 0) is 32.0 Å². The van der Waals surface area contributed by atoms with Crippen LogP contribution in [0.1, 0.15) is 18.3 Å². The third-order valence-electron chi connectivity index (χ3n) is 4.20. The maximum Gasteiger partial charge on any atom is 0.313 e. The number of carbonyl (C=O) groups excluding carboxylic acids is 1. The van der Waals surface area contributed by atoms with Crippen molar-refractivity contribution in [3.63, 3.8) is 0 Å². The van der Waals surface area contributed by atoms with Gasteiger partial charge in [-0.15, -0.1) is 10.2 Å². The molecule has 4 rings (SSSR count). The highest BCUT2D eigenvalue weighted by molar-refractivity contribution is 5.77. The van der Waals surface area contributed by atoms with E-state index >= 15 is 0 Å². The fraction of sp³-hybridized carbons (Fsp3) is 0.200. The van der Waals surface area contributed by atoms with Gasteiger partial charge in [-0.1, -0.05) is 23.8 Å². The predicted octanol–water partition coefficient (Wildman–Crippen LogP) is 3.47. The van der Waals surface area contributed by atoms with Crippen molar-refractivity contribution in [3.05, 3.63) is 60.4 Å². The summed E-state index contributed by atoms with van der Waals surface area (Å²) in [6, 6.07) is 11.8. The normalized spacial score (nSPS) is 11.0. The van der Waals surface area contributed by atoms with Gasteiger partial charge in [0.25, 0.3) is 0 Å². The third kappa shape index (κ3) is 3.31. The summed E-state index contributed by atoms with van der Waals surface area (Å²) in [6.07, 6.45) is 3.34. The molecule has 1 aromatic carbocycles. The molecule has 0 N–H and O–H groups in total. The molecule has 4 aromatic rings. The van der Waals surface area contributed by atoms with Crippen molar-refractivity contribution in [1.29, 1.82) is 0 Å². The summed E-state index contributed by atoms with van der Waals surface area (Å²) in [7, 11) is 0. The lowest BCUT2D eigenvalue weighted by Crippen LogP contribution is -2.10. The van der Waals surface area contributed by atoms with Crippen LogP contribution in [0.4, 0.5) is 0 Å². The van der Waals surface area contributed by atoms with Crippen molar-refractivity contribution in [3.8, 4) is 22.6 Å². The van der Waals surface area contributed by atoms with E-state index < -0.39 is 0 Å². The largest absolute Gasteiger partial charge is 0.466 e. The summed E-state index contributed by atoms with van der Waals surface area (Å²) < 4.78 is 12.5. The summed E-state index contributed by atoms with van der Waals surface area (Å²) in [5.74, 6) is 0.831. The van der Waals surface area contributed by atoms with Gasteiger partial charge in [0.15, 0.2) is 17.8 Å². The van der Waals surface area contributed by atoms with Crippen LogP contribution in [0, 0.1) is 6.92 Å². The zero-order valence-electron chi connectivity index (χ0n) is 15.0. The number of rotatable bonds is 5. The molecule has 0 spiro atoms. The number of hydrogen-bond donors (Lipinski definition) is 0. The molecule has 0 bridgehead atoms. The number of aryl methyl sites for hydroxylation is 1. The Balaban J connectivity index is 1.75. The van der Waals surface area contributed by atoms with Gasteiger partial charge >= 0.3 is 5.97 Å². The quantitative estimate of drug-likeness (QED) is 0.506. The lowest BCUT2D eigenvalue weighted by Gasteiger charge is -2.05. The van der Waals surface area contributed by atoms with Crippen LogP contribution >= 0.6 is 0 Å². The average molecular weight is 362 g/mol. The first-order valence-electron chi connectivity index (χ1n) is 8.66. The second-order valence-electron chi connectivity index (χ2n) is 6.14. The van der Waals surface area contributed by atoms with Crippen LogP contribution in [0.25, 0.3) is 28.2 Å². The zero-order valence-corrected chi connectivity index (χ0v) is 15.0. The van der Waals surface area contributed by atoms with E-state index in [1.807, 2.05) is 43.5 Å². The number of pyridine rings is 1. The number of hydrogen-bond acceptors (Lipinski definition) is 6. The summed E-state index contributed by atoms with van der Waals surface area (Å²) >= 11 is 0. The van der Waals surface area contributed by atoms with E-state index in [0.29, 0.717) is 23.8 Å². The number of oxazole rings is 1. The summed E-state index contributed by atoms with van der Waals surface area (Å²) in [4.78, 5) is 16.2. The number of nitrogens with zero attached hydrogens (tertiary/aromatic N) is 4.